The minimum absolute atomic E-state index is 0.261. The zero-order valence-corrected chi connectivity index (χ0v) is 13.7. The van der Waals surface area contributed by atoms with E-state index < -0.39 is 10.0 Å². The smallest absolute Gasteiger partial charge is 0.240 e. The Labute approximate surface area is 131 Å². The monoisotopic (exact) mass is 322 g/mol. The lowest BCUT2D eigenvalue weighted by Gasteiger charge is -2.17. The highest BCUT2D eigenvalue weighted by Crippen LogP contribution is 2.11. The Morgan fingerprint density at radius 2 is 2.05 bits per heavy atom. The van der Waals surface area contributed by atoms with Gasteiger partial charge in [-0.1, -0.05) is 24.3 Å². The van der Waals surface area contributed by atoms with Crippen LogP contribution in [0.3, 0.4) is 0 Å². The van der Waals surface area contributed by atoms with Crippen molar-refractivity contribution in [1.82, 2.24) is 15.4 Å². The second kappa shape index (κ2) is 7.42. The number of benzene rings is 1. The molecule has 120 valence electrons. The Bertz CT molecular complexity index is 660. The Morgan fingerprint density at radius 3 is 2.68 bits per heavy atom. The van der Waals surface area contributed by atoms with Crippen LogP contribution in [0.5, 0.6) is 0 Å². The maximum Gasteiger partial charge on any atom is 0.240 e. The Kier molecular flexibility index (Phi) is 5.57. The fourth-order valence-corrected chi connectivity index (χ4v) is 3.05. The summed E-state index contributed by atoms with van der Waals surface area (Å²) in [4.78, 5) is 4.45. The first-order valence-corrected chi connectivity index (χ1v) is 8.68. The maximum absolute atomic E-state index is 11.8. The first-order valence-electron chi connectivity index (χ1n) is 7.20. The quantitative estimate of drug-likeness (QED) is 0.429. The molecule has 0 heterocycles. The average Bonchev–Trinajstić information content (AvgIpc) is 3.04. The molecule has 0 aliphatic heterocycles. The minimum Gasteiger partial charge on any atom is -0.353 e. The van der Waals surface area contributed by atoms with Crippen molar-refractivity contribution < 1.29 is 8.42 Å². The molecule has 0 saturated heterocycles. The molecule has 0 unspecified atom stereocenters. The van der Waals surface area contributed by atoms with Crippen molar-refractivity contribution in [3.8, 4) is 0 Å². The first kappa shape index (κ1) is 16.5. The van der Waals surface area contributed by atoms with Crippen LogP contribution in [-0.2, 0) is 16.6 Å². The SMILES string of the molecule is CN=C(NCc1cccc(S(=O)(=O)NC)c1)NC1CC=CC1. The normalized spacial score (nSPS) is 16.0. The van der Waals surface area contributed by atoms with Gasteiger partial charge in [0.1, 0.15) is 0 Å². The molecule has 0 spiro atoms. The highest BCUT2D eigenvalue weighted by Gasteiger charge is 2.13. The molecular weight excluding hydrogens is 300 g/mol. The molecule has 7 heteroatoms. The van der Waals surface area contributed by atoms with E-state index in [2.05, 4.69) is 32.5 Å². The summed E-state index contributed by atoms with van der Waals surface area (Å²) in [7, 11) is -0.289. The van der Waals surface area contributed by atoms with Gasteiger partial charge in [0, 0.05) is 19.6 Å². The van der Waals surface area contributed by atoms with Gasteiger partial charge in [0.05, 0.1) is 4.90 Å². The molecule has 0 amide bonds. The summed E-state index contributed by atoms with van der Waals surface area (Å²) in [5.41, 5.74) is 0.879. The van der Waals surface area contributed by atoms with Gasteiger partial charge in [-0.15, -0.1) is 0 Å². The summed E-state index contributed by atoms with van der Waals surface area (Å²) < 4.78 is 25.9. The van der Waals surface area contributed by atoms with E-state index in [9.17, 15) is 8.42 Å². The molecule has 1 aliphatic carbocycles. The van der Waals surface area contributed by atoms with E-state index in [1.54, 1.807) is 25.2 Å². The van der Waals surface area contributed by atoms with Crippen LogP contribution in [-0.4, -0.2) is 34.5 Å². The molecule has 22 heavy (non-hydrogen) atoms. The molecule has 2 rings (SSSR count). The van der Waals surface area contributed by atoms with Gasteiger partial charge in [-0.3, -0.25) is 4.99 Å². The lowest BCUT2D eigenvalue weighted by molar-refractivity contribution is 0.588. The van der Waals surface area contributed by atoms with Crippen LogP contribution in [0.1, 0.15) is 18.4 Å². The lowest BCUT2D eigenvalue weighted by Crippen LogP contribution is -2.42. The molecule has 1 aromatic rings. The molecule has 1 aliphatic rings. The van der Waals surface area contributed by atoms with E-state index >= 15 is 0 Å². The van der Waals surface area contributed by atoms with Gasteiger partial charge in [0.15, 0.2) is 5.96 Å². The van der Waals surface area contributed by atoms with Crippen molar-refractivity contribution in [2.45, 2.75) is 30.3 Å². The molecule has 0 atom stereocenters. The lowest BCUT2D eigenvalue weighted by atomic mass is 10.2. The third kappa shape index (κ3) is 4.32. The van der Waals surface area contributed by atoms with Gasteiger partial charge in [-0.25, -0.2) is 13.1 Å². The summed E-state index contributed by atoms with van der Waals surface area (Å²) in [5.74, 6) is 0.718. The van der Waals surface area contributed by atoms with Gasteiger partial charge in [-0.05, 0) is 37.6 Å². The van der Waals surface area contributed by atoms with Gasteiger partial charge >= 0.3 is 0 Å². The van der Waals surface area contributed by atoms with Gasteiger partial charge in [0.25, 0.3) is 0 Å². The topological polar surface area (TPSA) is 82.6 Å². The third-order valence-electron chi connectivity index (χ3n) is 3.51. The van der Waals surface area contributed by atoms with Crippen LogP contribution in [0.25, 0.3) is 0 Å². The molecular formula is C15H22N4O2S. The number of nitrogens with one attached hydrogen (secondary N) is 3. The number of guanidine groups is 1. The number of hydrogen-bond donors (Lipinski definition) is 3. The zero-order valence-electron chi connectivity index (χ0n) is 12.8. The van der Waals surface area contributed by atoms with E-state index in [1.807, 2.05) is 6.07 Å². The third-order valence-corrected chi connectivity index (χ3v) is 4.92. The second-order valence-electron chi connectivity index (χ2n) is 5.06. The maximum atomic E-state index is 11.8. The van der Waals surface area contributed by atoms with Gasteiger partial charge in [0.2, 0.25) is 10.0 Å². The standard InChI is InChI=1S/C15H22N4O2S/c1-16-15(19-13-7-3-4-8-13)18-11-12-6-5-9-14(10-12)22(20,21)17-2/h3-6,9-10,13,17H,7-8,11H2,1-2H3,(H2,16,18,19). The van der Waals surface area contributed by atoms with Gasteiger partial charge < -0.3 is 10.6 Å². The molecule has 0 radical (unpaired) electrons. The predicted molar refractivity (Wildman–Crippen MR) is 88.2 cm³/mol. The summed E-state index contributed by atoms with van der Waals surface area (Å²) in [6.45, 7) is 0.507. The molecule has 1 aromatic carbocycles. The number of sulfonamides is 1. The Morgan fingerprint density at radius 1 is 1.32 bits per heavy atom. The first-order chi connectivity index (χ1) is 10.5. The largest absolute Gasteiger partial charge is 0.353 e. The molecule has 0 fully saturated rings. The van der Waals surface area contributed by atoms with E-state index in [0.29, 0.717) is 12.6 Å². The van der Waals surface area contributed by atoms with Crippen molar-refractivity contribution in [2.75, 3.05) is 14.1 Å². The van der Waals surface area contributed by atoms with Crippen LogP contribution in [0.15, 0.2) is 46.3 Å². The van der Waals surface area contributed by atoms with Crippen LogP contribution < -0.4 is 15.4 Å². The minimum atomic E-state index is -3.42. The molecule has 0 aromatic heterocycles. The molecule has 6 nitrogen and oxygen atoms in total. The van der Waals surface area contributed by atoms with E-state index in [0.717, 1.165) is 24.4 Å². The average molecular weight is 322 g/mol. The van der Waals surface area contributed by atoms with Crippen LogP contribution >= 0.6 is 0 Å². The summed E-state index contributed by atoms with van der Waals surface area (Å²) in [5, 5.41) is 6.54. The van der Waals surface area contributed by atoms with Crippen molar-refractivity contribution in [1.29, 1.82) is 0 Å². The highest BCUT2D eigenvalue weighted by molar-refractivity contribution is 7.89. The van der Waals surface area contributed by atoms with Crippen molar-refractivity contribution in [3.05, 3.63) is 42.0 Å². The van der Waals surface area contributed by atoms with Crippen molar-refractivity contribution >= 4 is 16.0 Å². The summed E-state index contributed by atoms with van der Waals surface area (Å²) >= 11 is 0. The van der Waals surface area contributed by atoms with Gasteiger partial charge in [-0.2, -0.15) is 0 Å². The molecule has 0 saturated carbocycles. The molecule has 0 bridgehead atoms. The molecule has 3 N–H and O–H groups in total. The zero-order chi connectivity index (χ0) is 16.0. The second-order valence-corrected chi connectivity index (χ2v) is 6.95. The number of rotatable bonds is 5. The summed E-state index contributed by atoms with van der Waals surface area (Å²) in [6.07, 6.45) is 6.29. The highest BCUT2D eigenvalue weighted by atomic mass is 32.2. The van der Waals surface area contributed by atoms with E-state index in [1.165, 1.54) is 7.05 Å². The van der Waals surface area contributed by atoms with Crippen molar-refractivity contribution in [2.24, 2.45) is 4.99 Å². The number of hydrogen-bond acceptors (Lipinski definition) is 3. The number of aliphatic imine (C=N–C) groups is 1. The van der Waals surface area contributed by atoms with Crippen LogP contribution in [0.2, 0.25) is 0 Å². The van der Waals surface area contributed by atoms with Crippen LogP contribution in [0, 0.1) is 0 Å². The van der Waals surface area contributed by atoms with Crippen molar-refractivity contribution in [3.63, 3.8) is 0 Å². The number of nitrogens with zero attached hydrogens (tertiary/aromatic N) is 1. The van der Waals surface area contributed by atoms with E-state index in [-0.39, 0.29) is 4.90 Å². The fraction of sp³-hybridized carbons (Fsp3) is 0.400. The Hall–Kier alpha value is -1.86. The fourth-order valence-electron chi connectivity index (χ4n) is 2.25. The van der Waals surface area contributed by atoms with E-state index in [4.69, 9.17) is 0 Å². The Balaban J connectivity index is 1.97. The van der Waals surface area contributed by atoms with Crippen LogP contribution in [0.4, 0.5) is 0 Å². The predicted octanol–water partition coefficient (Wildman–Crippen LogP) is 0.978. The summed E-state index contributed by atoms with van der Waals surface area (Å²) in [6, 6.07) is 7.22.